The molecule has 0 spiro atoms. The van der Waals surface area contributed by atoms with Crippen LogP contribution < -0.4 is 5.32 Å². The highest BCUT2D eigenvalue weighted by molar-refractivity contribution is 5.32. The molecule has 1 aromatic rings. The zero-order valence-corrected chi connectivity index (χ0v) is 10.7. The summed E-state index contributed by atoms with van der Waals surface area (Å²) in [5, 5.41) is 2.84. The molecule has 1 unspecified atom stereocenters. The molecule has 1 N–H and O–H groups in total. The first kappa shape index (κ1) is 15.0. The van der Waals surface area contributed by atoms with Gasteiger partial charge in [-0.05, 0) is 44.0 Å². The van der Waals surface area contributed by atoms with Crippen molar-refractivity contribution < 1.29 is 17.6 Å². The van der Waals surface area contributed by atoms with Gasteiger partial charge >= 0.3 is 6.18 Å². The average molecular weight is 263 g/mol. The molecule has 1 aromatic carbocycles. The van der Waals surface area contributed by atoms with Crippen LogP contribution in [0.4, 0.5) is 17.6 Å². The monoisotopic (exact) mass is 263 g/mol. The van der Waals surface area contributed by atoms with Crippen LogP contribution in [0.5, 0.6) is 0 Å². The van der Waals surface area contributed by atoms with Gasteiger partial charge in [-0.2, -0.15) is 13.2 Å². The van der Waals surface area contributed by atoms with Gasteiger partial charge in [0.2, 0.25) is 0 Å². The minimum absolute atomic E-state index is 0.0511. The number of aryl methyl sites for hydroxylation is 2. The van der Waals surface area contributed by atoms with E-state index in [1.54, 1.807) is 33.0 Å². The van der Waals surface area contributed by atoms with Gasteiger partial charge in [0.15, 0.2) is 0 Å². The van der Waals surface area contributed by atoms with Crippen molar-refractivity contribution in [1.82, 2.24) is 5.32 Å². The van der Waals surface area contributed by atoms with E-state index in [0.29, 0.717) is 16.7 Å². The van der Waals surface area contributed by atoms with E-state index < -0.39 is 18.6 Å². The predicted molar refractivity (Wildman–Crippen MR) is 63.0 cm³/mol. The molecule has 102 valence electrons. The molecular weight excluding hydrogens is 246 g/mol. The first-order valence-corrected chi connectivity index (χ1v) is 5.75. The van der Waals surface area contributed by atoms with E-state index in [9.17, 15) is 17.6 Å². The van der Waals surface area contributed by atoms with E-state index in [1.165, 1.54) is 0 Å². The van der Waals surface area contributed by atoms with Gasteiger partial charge in [-0.15, -0.1) is 0 Å². The number of halogens is 4. The predicted octanol–water partition coefficient (Wildman–Crippen LogP) is 4.05. The molecule has 0 radical (unpaired) electrons. The van der Waals surface area contributed by atoms with E-state index in [2.05, 4.69) is 5.32 Å². The summed E-state index contributed by atoms with van der Waals surface area (Å²) in [6.45, 7) is 3.23. The fraction of sp³-hybridized carbons (Fsp3) is 0.538. The van der Waals surface area contributed by atoms with Crippen LogP contribution in [0, 0.1) is 19.7 Å². The normalized spacial score (nSPS) is 13.7. The summed E-state index contributed by atoms with van der Waals surface area (Å²) in [6, 6.07) is 2.78. The molecular formula is C13H17F4N. The summed E-state index contributed by atoms with van der Waals surface area (Å²) in [5.74, 6) is -0.301. The number of hydrogen-bond donors (Lipinski definition) is 1. The molecule has 0 aliphatic carbocycles. The summed E-state index contributed by atoms with van der Waals surface area (Å²) in [4.78, 5) is 0. The van der Waals surface area contributed by atoms with E-state index in [0.717, 1.165) is 0 Å². The summed E-state index contributed by atoms with van der Waals surface area (Å²) in [6.07, 6.45) is -5.07. The van der Waals surface area contributed by atoms with Crippen LogP contribution in [-0.4, -0.2) is 13.2 Å². The Morgan fingerprint density at radius 1 is 1.17 bits per heavy atom. The quantitative estimate of drug-likeness (QED) is 0.808. The number of rotatable bonds is 4. The molecule has 0 saturated carbocycles. The minimum atomic E-state index is -4.17. The lowest BCUT2D eigenvalue weighted by molar-refractivity contribution is -0.136. The molecule has 0 heterocycles. The van der Waals surface area contributed by atoms with Gasteiger partial charge in [0, 0.05) is 12.5 Å². The summed E-state index contributed by atoms with van der Waals surface area (Å²) in [7, 11) is 1.61. The van der Waals surface area contributed by atoms with Gasteiger partial charge in [0.05, 0.1) is 0 Å². The molecule has 18 heavy (non-hydrogen) atoms. The van der Waals surface area contributed by atoms with Crippen molar-refractivity contribution in [1.29, 1.82) is 0 Å². The van der Waals surface area contributed by atoms with Crippen molar-refractivity contribution in [3.05, 3.63) is 34.6 Å². The lowest BCUT2D eigenvalue weighted by atomic mass is 9.97. The molecule has 0 fully saturated rings. The lowest BCUT2D eigenvalue weighted by Crippen LogP contribution is -2.20. The summed E-state index contributed by atoms with van der Waals surface area (Å²) >= 11 is 0. The molecule has 5 heteroatoms. The third kappa shape index (κ3) is 3.98. The average Bonchev–Trinajstić information content (AvgIpc) is 2.25. The Bertz CT molecular complexity index is 389. The van der Waals surface area contributed by atoms with Crippen LogP contribution >= 0.6 is 0 Å². The highest BCUT2D eigenvalue weighted by Gasteiger charge is 2.28. The highest BCUT2D eigenvalue weighted by atomic mass is 19.4. The van der Waals surface area contributed by atoms with Gasteiger partial charge in [-0.3, -0.25) is 0 Å². The van der Waals surface area contributed by atoms with E-state index in [-0.39, 0.29) is 12.2 Å². The van der Waals surface area contributed by atoms with Crippen LogP contribution in [0.15, 0.2) is 12.1 Å². The molecule has 0 aliphatic rings. The second-order valence-corrected chi connectivity index (χ2v) is 4.46. The Morgan fingerprint density at radius 3 is 2.06 bits per heavy atom. The fourth-order valence-corrected chi connectivity index (χ4v) is 1.97. The van der Waals surface area contributed by atoms with Gasteiger partial charge in [0.25, 0.3) is 0 Å². The second-order valence-electron chi connectivity index (χ2n) is 4.46. The molecule has 0 aromatic heterocycles. The molecule has 1 atom stereocenters. The minimum Gasteiger partial charge on any atom is -0.313 e. The third-order valence-electron chi connectivity index (χ3n) is 2.93. The third-order valence-corrected chi connectivity index (χ3v) is 2.93. The maximum absolute atomic E-state index is 13.5. The Hall–Kier alpha value is -1.10. The summed E-state index contributed by atoms with van der Waals surface area (Å²) < 4.78 is 50.1. The Kier molecular flexibility index (Phi) is 4.73. The van der Waals surface area contributed by atoms with Crippen LogP contribution in [0.2, 0.25) is 0 Å². The largest absolute Gasteiger partial charge is 0.389 e. The van der Waals surface area contributed by atoms with Gasteiger partial charge in [-0.1, -0.05) is 12.1 Å². The SMILES string of the molecule is CNC(CCC(F)(F)F)c1cc(C)c(F)c(C)c1. The number of hydrogen-bond acceptors (Lipinski definition) is 1. The van der Waals surface area contributed by atoms with Gasteiger partial charge < -0.3 is 5.32 Å². The van der Waals surface area contributed by atoms with E-state index >= 15 is 0 Å². The van der Waals surface area contributed by atoms with Crippen molar-refractivity contribution in [3.63, 3.8) is 0 Å². The first-order valence-electron chi connectivity index (χ1n) is 5.75. The van der Waals surface area contributed by atoms with Crippen molar-refractivity contribution in [2.24, 2.45) is 0 Å². The highest BCUT2D eigenvalue weighted by Crippen LogP contribution is 2.28. The van der Waals surface area contributed by atoms with E-state index in [1.807, 2.05) is 0 Å². The Morgan fingerprint density at radius 2 is 1.67 bits per heavy atom. The smallest absolute Gasteiger partial charge is 0.313 e. The number of nitrogens with one attached hydrogen (secondary N) is 1. The van der Waals surface area contributed by atoms with Crippen LogP contribution in [-0.2, 0) is 0 Å². The molecule has 0 aliphatic heterocycles. The summed E-state index contributed by atoms with van der Waals surface area (Å²) in [5.41, 5.74) is 1.60. The molecule has 0 saturated heterocycles. The van der Waals surface area contributed by atoms with Crippen molar-refractivity contribution in [2.75, 3.05) is 7.05 Å². The molecule has 0 amide bonds. The van der Waals surface area contributed by atoms with Crippen molar-refractivity contribution in [2.45, 2.75) is 38.9 Å². The molecule has 1 nitrogen and oxygen atoms in total. The maximum Gasteiger partial charge on any atom is 0.389 e. The zero-order valence-electron chi connectivity index (χ0n) is 10.7. The van der Waals surface area contributed by atoms with Crippen LogP contribution in [0.1, 0.15) is 35.6 Å². The zero-order chi connectivity index (χ0) is 13.9. The number of benzene rings is 1. The van der Waals surface area contributed by atoms with Gasteiger partial charge in [0.1, 0.15) is 5.82 Å². The Labute approximate surface area is 104 Å². The fourth-order valence-electron chi connectivity index (χ4n) is 1.97. The Balaban J connectivity index is 2.89. The lowest BCUT2D eigenvalue weighted by Gasteiger charge is -2.19. The maximum atomic E-state index is 13.5. The second kappa shape index (κ2) is 5.69. The standard InChI is InChI=1S/C13H17F4N/c1-8-6-10(7-9(2)12(8)14)11(18-3)4-5-13(15,16)17/h6-7,11,18H,4-5H2,1-3H3. The van der Waals surface area contributed by atoms with Crippen molar-refractivity contribution >= 4 is 0 Å². The molecule has 0 bridgehead atoms. The van der Waals surface area contributed by atoms with E-state index in [4.69, 9.17) is 0 Å². The topological polar surface area (TPSA) is 12.0 Å². The number of alkyl halides is 3. The van der Waals surface area contributed by atoms with Crippen molar-refractivity contribution in [3.8, 4) is 0 Å². The van der Waals surface area contributed by atoms with Gasteiger partial charge in [-0.25, -0.2) is 4.39 Å². The van der Waals surface area contributed by atoms with Crippen LogP contribution in [0.25, 0.3) is 0 Å². The van der Waals surface area contributed by atoms with Crippen LogP contribution in [0.3, 0.4) is 0 Å². The molecule has 1 rings (SSSR count). The first-order chi connectivity index (χ1) is 8.24.